The van der Waals surface area contributed by atoms with Crippen LogP contribution in [0.4, 0.5) is 5.69 Å². The summed E-state index contributed by atoms with van der Waals surface area (Å²) in [6.45, 7) is 5.96. The zero-order valence-electron chi connectivity index (χ0n) is 16.5. The summed E-state index contributed by atoms with van der Waals surface area (Å²) < 4.78 is 2.17. The Morgan fingerprint density at radius 3 is 2.50 bits per heavy atom. The number of anilines is 1. The second-order valence-electron chi connectivity index (χ2n) is 7.39. The Morgan fingerprint density at radius 1 is 1.11 bits per heavy atom. The zero-order valence-corrected chi connectivity index (χ0v) is 18.2. The first-order chi connectivity index (χ1) is 12.5. The highest BCUT2D eigenvalue weighted by molar-refractivity contribution is 6.07. The number of para-hydroxylation sites is 1. The molecule has 0 atom stereocenters. The van der Waals surface area contributed by atoms with E-state index in [0.29, 0.717) is 0 Å². The van der Waals surface area contributed by atoms with Crippen LogP contribution in [0.5, 0.6) is 0 Å². The predicted molar refractivity (Wildman–Crippen MR) is 123 cm³/mol. The molecule has 2 aromatic heterocycles. The van der Waals surface area contributed by atoms with E-state index in [0.717, 1.165) is 51.9 Å². The minimum absolute atomic E-state index is 0. The average molecular weight is 421 g/mol. The van der Waals surface area contributed by atoms with Crippen molar-refractivity contribution in [1.29, 1.82) is 0 Å². The topological polar surface area (TPSA) is 49.6 Å². The number of nitrogens with one attached hydrogen (secondary N) is 1. The van der Waals surface area contributed by atoms with Gasteiger partial charge in [-0.1, -0.05) is 26.0 Å². The van der Waals surface area contributed by atoms with Crippen molar-refractivity contribution in [2.75, 3.05) is 32.5 Å². The fraction of sp³-hybridized carbons (Fsp3) is 0.333. The van der Waals surface area contributed by atoms with Crippen molar-refractivity contribution in [2.45, 2.75) is 19.8 Å². The van der Waals surface area contributed by atoms with Crippen LogP contribution in [0.25, 0.3) is 27.3 Å². The lowest BCUT2D eigenvalue weighted by molar-refractivity contribution is 0.425. The molecular formula is C21H26Cl2N4O. The number of fused-ring (bicyclic) bond motifs is 2. The molecule has 2 heterocycles. The van der Waals surface area contributed by atoms with Crippen LogP contribution in [0.15, 0.2) is 41.2 Å². The molecule has 1 N–H and O–H groups in total. The molecule has 0 saturated heterocycles. The van der Waals surface area contributed by atoms with E-state index in [1.54, 1.807) is 0 Å². The van der Waals surface area contributed by atoms with E-state index < -0.39 is 0 Å². The fourth-order valence-corrected chi connectivity index (χ4v) is 3.60. The van der Waals surface area contributed by atoms with Crippen LogP contribution >= 0.6 is 24.8 Å². The van der Waals surface area contributed by atoms with Gasteiger partial charge in [-0.3, -0.25) is 9.20 Å². The van der Waals surface area contributed by atoms with Crippen molar-refractivity contribution in [3.63, 3.8) is 0 Å². The molecule has 0 bridgehead atoms. The standard InChI is InChI=1S/C21H24N4O.2ClH/c1-13(2)21-23-16-10-9-15(22-11-12-24(3)4)18-19(16)25(21)17-8-6-5-7-14(17)20(18)26;;/h5-10,13,22H,11-12H2,1-4H3;2*1H. The Morgan fingerprint density at radius 2 is 1.82 bits per heavy atom. The van der Waals surface area contributed by atoms with E-state index in [1.165, 1.54) is 0 Å². The van der Waals surface area contributed by atoms with Gasteiger partial charge in [-0.25, -0.2) is 4.98 Å². The van der Waals surface area contributed by atoms with Gasteiger partial charge in [-0.05, 0) is 38.4 Å². The molecule has 2 aromatic carbocycles. The molecule has 0 aliphatic carbocycles. The first-order valence-corrected chi connectivity index (χ1v) is 9.07. The maximum Gasteiger partial charge on any atom is 0.199 e. The molecule has 4 aromatic rings. The van der Waals surface area contributed by atoms with Gasteiger partial charge in [0.05, 0.1) is 21.9 Å². The quantitative estimate of drug-likeness (QED) is 0.486. The van der Waals surface area contributed by atoms with Crippen LogP contribution < -0.4 is 10.7 Å². The Balaban J connectivity index is 0.00000140. The maximum atomic E-state index is 13.3. The number of nitrogens with zero attached hydrogens (tertiary/aromatic N) is 3. The molecule has 0 aliphatic rings. The van der Waals surface area contributed by atoms with Gasteiger partial charge in [-0.15, -0.1) is 24.8 Å². The van der Waals surface area contributed by atoms with Gasteiger partial charge in [0, 0.05) is 30.1 Å². The predicted octanol–water partition coefficient (Wildman–Crippen LogP) is 4.38. The summed E-state index contributed by atoms with van der Waals surface area (Å²) in [6, 6.07) is 11.8. The Kier molecular flexibility index (Phi) is 6.75. The van der Waals surface area contributed by atoms with Gasteiger partial charge in [0.25, 0.3) is 0 Å². The second kappa shape index (κ2) is 8.52. The largest absolute Gasteiger partial charge is 0.383 e. The fourth-order valence-electron chi connectivity index (χ4n) is 3.60. The van der Waals surface area contributed by atoms with Crippen molar-refractivity contribution in [3.05, 3.63) is 52.4 Å². The van der Waals surface area contributed by atoms with Crippen molar-refractivity contribution in [3.8, 4) is 0 Å². The molecule has 28 heavy (non-hydrogen) atoms. The minimum Gasteiger partial charge on any atom is -0.383 e. The Bertz CT molecular complexity index is 1150. The van der Waals surface area contributed by atoms with Gasteiger partial charge in [0.15, 0.2) is 5.43 Å². The number of imidazole rings is 1. The third-order valence-electron chi connectivity index (χ3n) is 4.85. The lowest BCUT2D eigenvalue weighted by Gasteiger charge is -2.14. The van der Waals surface area contributed by atoms with Crippen LogP contribution in [0.3, 0.4) is 0 Å². The number of rotatable bonds is 5. The average Bonchev–Trinajstić information content (AvgIpc) is 3.00. The van der Waals surface area contributed by atoms with Gasteiger partial charge >= 0.3 is 0 Å². The van der Waals surface area contributed by atoms with Crippen molar-refractivity contribution in [2.24, 2.45) is 0 Å². The summed E-state index contributed by atoms with van der Waals surface area (Å²) in [5, 5.41) is 4.92. The van der Waals surface area contributed by atoms with Crippen molar-refractivity contribution in [1.82, 2.24) is 14.3 Å². The van der Waals surface area contributed by atoms with E-state index in [-0.39, 0.29) is 36.2 Å². The van der Waals surface area contributed by atoms with E-state index in [4.69, 9.17) is 4.98 Å². The highest BCUT2D eigenvalue weighted by Gasteiger charge is 2.20. The first kappa shape index (κ1) is 22.2. The number of pyridine rings is 1. The molecule has 0 spiro atoms. The number of aromatic nitrogens is 2. The molecule has 0 amide bonds. The molecular weight excluding hydrogens is 395 g/mol. The lowest BCUT2D eigenvalue weighted by Crippen LogP contribution is -2.21. The van der Waals surface area contributed by atoms with Crippen LogP contribution in [-0.4, -0.2) is 41.5 Å². The van der Waals surface area contributed by atoms with Crippen molar-refractivity contribution < 1.29 is 0 Å². The lowest BCUT2D eigenvalue weighted by atomic mass is 10.1. The normalized spacial score (nSPS) is 11.4. The molecule has 7 heteroatoms. The van der Waals surface area contributed by atoms with Gasteiger partial charge in [-0.2, -0.15) is 0 Å². The van der Waals surface area contributed by atoms with Crippen molar-refractivity contribution >= 4 is 57.8 Å². The number of hydrogen-bond donors (Lipinski definition) is 1. The minimum atomic E-state index is 0. The molecule has 0 saturated carbocycles. The van der Waals surface area contributed by atoms with E-state index in [1.807, 2.05) is 50.5 Å². The monoisotopic (exact) mass is 420 g/mol. The van der Waals surface area contributed by atoms with Gasteiger partial charge in [0.2, 0.25) is 0 Å². The maximum absolute atomic E-state index is 13.3. The van der Waals surface area contributed by atoms with E-state index >= 15 is 0 Å². The third-order valence-corrected chi connectivity index (χ3v) is 4.85. The molecule has 0 aliphatic heterocycles. The molecule has 5 nitrogen and oxygen atoms in total. The summed E-state index contributed by atoms with van der Waals surface area (Å²) in [7, 11) is 4.08. The summed E-state index contributed by atoms with van der Waals surface area (Å²) in [4.78, 5) is 20.3. The first-order valence-electron chi connectivity index (χ1n) is 9.07. The Labute approximate surface area is 176 Å². The number of halogens is 2. The SMILES string of the molecule is CC(C)c1nc2ccc(NCCN(C)C)c3c(=O)c4ccccc4n1c23.Cl.Cl. The summed E-state index contributed by atoms with van der Waals surface area (Å²) in [6.07, 6.45) is 0. The van der Waals surface area contributed by atoms with Crippen LogP contribution in [0.1, 0.15) is 25.6 Å². The summed E-state index contributed by atoms with van der Waals surface area (Å²) in [5.74, 6) is 1.26. The second-order valence-corrected chi connectivity index (χ2v) is 7.39. The Hall–Kier alpha value is -2.08. The molecule has 4 rings (SSSR count). The smallest absolute Gasteiger partial charge is 0.199 e. The molecule has 0 unspecified atom stereocenters. The summed E-state index contributed by atoms with van der Waals surface area (Å²) >= 11 is 0. The highest BCUT2D eigenvalue weighted by atomic mass is 35.5. The van der Waals surface area contributed by atoms with E-state index in [2.05, 4.69) is 28.5 Å². The number of likely N-dealkylation sites (N-methyl/N-ethyl adjacent to an activating group) is 1. The molecule has 0 fully saturated rings. The van der Waals surface area contributed by atoms with E-state index in [9.17, 15) is 4.79 Å². The van der Waals surface area contributed by atoms with Crippen LogP contribution in [0, 0.1) is 0 Å². The van der Waals surface area contributed by atoms with Crippen LogP contribution in [-0.2, 0) is 0 Å². The van der Waals surface area contributed by atoms with Gasteiger partial charge < -0.3 is 10.2 Å². The number of benzene rings is 2. The third kappa shape index (κ3) is 3.50. The highest BCUT2D eigenvalue weighted by Crippen LogP contribution is 2.31. The van der Waals surface area contributed by atoms with Gasteiger partial charge in [0.1, 0.15) is 5.82 Å². The van der Waals surface area contributed by atoms with Crippen LogP contribution in [0.2, 0.25) is 0 Å². The summed E-state index contributed by atoms with van der Waals surface area (Å²) in [5.41, 5.74) is 3.69. The number of hydrogen-bond acceptors (Lipinski definition) is 4. The molecule has 150 valence electrons. The molecule has 0 radical (unpaired) electrons. The zero-order chi connectivity index (χ0) is 18.4.